The third kappa shape index (κ3) is 3.52. The highest BCUT2D eigenvalue weighted by Crippen LogP contribution is 2.15. The average Bonchev–Trinajstić information content (AvgIpc) is 2.43. The zero-order valence-corrected chi connectivity index (χ0v) is 10.6. The molecule has 1 aromatic heterocycles. The van der Waals surface area contributed by atoms with Gasteiger partial charge < -0.3 is 10.4 Å². The SMILES string of the molecule is OCCCCCNCc1ccnc2ccccc12. The maximum Gasteiger partial charge on any atom is 0.0705 e. The molecule has 96 valence electrons. The zero-order valence-electron chi connectivity index (χ0n) is 10.6. The molecule has 1 heterocycles. The van der Waals surface area contributed by atoms with E-state index in [1.54, 1.807) is 0 Å². The second-order valence-corrected chi connectivity index (χ2v) is 4.45. The van der Waals surface area contributed by atoms with E-state index in [1.165, 1.54) is 10.9 Å². The molecule has 0 amide bonds. The number of para-hydroxylation sites is 1. The first-order chi connectivity index (χ1) is 8.92. The summed E-state index contributed by atoms with van der Waals surface area (Å²) in [6.45, 7) is 2.17. The predicted octanol–water partition coefficient (Wildman–Crippen LogP) is 2.49. The van der Waals surface area contributed by atoms with Gasteiger partial charge in [-0.1, -0.05) is 18.2 Å². The smallest absolute Gasteiger partial charge is 0.0705 e. The molecule has 2 N–H and O–H groups in total. The fourth-order valence-corrected chi connectivity index (χ4v) is 2.07. The van der Waals surface area contributed by atoms with E-state index < -0.39 is 0 Å². The molecule has 18 heavy (non-hydrogen) atoms. The minimum Gasteiger partial charge on any atom is -0.396 e. The van der Waals surface area contributed by atoms with Crippen LogP contribution in [0.5, 0.6) is 0 Å². The predicted molar refractivity (Wildman–Crippen MR) is 74.4 cm³/mol. The van der Waals surface area contributed by atoms with Crippen molar-refractivity contribution in [3.63, 3.8) is 0 Å². The Morgan fingerprint density at radius 3 is 2.83 bits per heavy atom. The number of pyridine rings is 1. The van der Waals surface area contributed by atoms with Crippen LogP contribution in [0.4, 0.5) is 0 Å². The molecule has 0 bridgehead atoms. The van der Waals surface area contributed by atoms with Gasteiger partial charge in [-0.2, -0.15) is 0 Å². The summed E-state index contributed by atoms with van der Waals surface area (Å²) in [6, 6.07) is 10.3. The monoisotopic (exact) mass is 244 g/mol. The van der Waals surface area contributed by atoms with Crippen molar-refractivity contribution in [2.24, 2.45) is 0 Å². The zero-order chi connectivity index (χ0) is 12.6. The van der Waals surface area contributed by atoms with E-state index in [2.05, 4.69) is 28.5 Å². The molecule has 0 saturated heterocycles. The highest BCUT2D eigenvalue weighted by atomic mass is 16.2. The van der Waals surface area contributed by atoms with Gasteiger partial charge in [0.05, 0.1) is 5.52 Å². The van der Waals surface area contributed by atoms with E-state index in [4.69, 9.17) is 5.11 Å². The second kappa shape index (κ2) is 7.09. The Morgan fingerprint density at radius 2 is 1.94 bits per heavy atom. The van der Waals surface area contributed by atoms with Crippen molar-refractivity contribution >= 4 is 10.9 Å². The highest BCUT2D eigenvalue weighted by molar-refractivity contribution is 5.81. The third-order valence-electron chi connectivity index (χ3n) is 3.07. The molecule has 3 heteroatoms. The molecule has 1 aromatic carbocycles. The molecule has 2 rings (SSSR count). The van der Waals surface area contributed by atoms with Crippen molar-refractivity contribution in [1.29, 1.82) is 0 Å². The fraction of sp³-hybridized carbons (Fsp3) is 0.400. The molecular formula is C15H20N2O. The highest BCUT2D eigenvalue weighted by Gasteiger charge is 2.00. The van der Waals surface area contributed by atoms with E-state index in [-0.39, 0.29) is 0 Å². The Bertz CT molecular complexity index is 479. The maximum atomic E-state index is 8.69. The van der Waals surface area contributed by atoms with Gasteiger partial charge in [-0.25, -0.2) is 0 Å². The van der Waals surface area contributed by atoms with Crippen LogP contribution in [0.3, 0.4) is 0 Å². The normalized spacial score (nSPS) is 10.9. The second-order valence-electron chi connectivity index (χ2n) is 4.45. The van der Waals surface area contributed by atoms with Gasteiger partial charge in [0, 0.05) is 24.7 Å². The van der Waals surface area contributed by atoms with Crippen LogP contribution < -0.4 is 5.32 Å². The molecule has 0 atom stereocenters. The van der Waals surface area contributed by atoms with E-state index in [0.717, 1.165) is 37.9 Å². The average molecular weight is 244 g/mol. The Morgan fingerprint density at radius 1 is 1.06 bits per heavy atom. The van der Waals surface area contributed by atoms with Gasteiger partial charge in [0.1, 0.15) is 0 Å². The fourth-order valence-electron chi connectivity index (χ4n) is 2.07. The standard InChI is InChI=1S/C15H20N2O/c18-11-5-1-4-9-16-12-13-8-10-17-15-7-3-2-6-14(13)15/h2-3,6-8,10,16,18H,1,4-5,9,11-12H2. The maximum absolute atomic E-state index is 8.69. The van der Waals surface area contributed by atoms with Gasteiger partial charge >= 0.3 is 0 Å². The van der Waals surface area contributed by atoms with Crippen molar-refractivity contribution in [2.45, 2.75) is 25.8 Å². The van der Waals surface area contributed by atoms with Crippen molar-refractivity contribution in [1.82, 2.24) is 10.3 Å². The van der Waals surface area contributed by atoms with E-state index >= 15 is 0 Å². The van der Waals surface area contributed by atoms with Crippen LogP contribution in [0.2, 0.25) is 0 Å². The number of hydrogen-bond donors (Lipinski definition) is 2. The molecule has 0 aliphatic carbocycles. The topological polar surface area (TPSA) is 45.1 Å². The van der Waals surface area contributed by atoms with Crippen LogP contribution in [0.15, 0.2) is 36.5 Å². The van der Waals surface area contributed by atoms with Gasteiger partial charge in [0.15, 0.2) is 0 Å². The summed E-state index contributed by atoms with van der Waals surface area (Å²) in [7, 11) is 0. The van der Waals surface area contributed by atoms with Gasteiger partial charge in [-0.3, -0.25) is 4.98 Å². The minimum atomic E-state index is 0.301. The lowest BCUT2D eigenvalue weighted by Gasteiger charge is -2.07. The molecular weight excluding hydrogens is 224 g/mol. The number of nitrogens with zero attached hydrogens (tertiary/aromatic N) is 1. The molecule has 0 radical (unpaired) electrons. The van der Waals surface area contributed by atoms with Crippen LogP contribution in [0.1, 0.15) is 24.8 Å². The Labute approximate surface area is 108 Å². The molecule has 2 aromatic rings. The number of aromatic nitrogens is 1. The first kappa shape index (κ1) is 13.0. The molecule has 0 aliphatic heterocycles. The van der Waals surface area contributed by atoms with Crippen LogP contribution in [-0.4, -0.2) is 23.2 Å². The molecule has 0 aliphatic rings. The van der Waals surface area contributed by atoms with Crippen LogP contribution in [0, 0.1) is 0 Å². The summed E-state index contributed by atoms with van der Waals surface area (Å²) >= 11 is 0. The molecule has 3 nitrogen and oxygen atoms in total. The molecule has 0 spiro atoms. The summed E-state index contributed by atoms with van der Waals surface area (Å²) in [6.07, 6.45) is 4.97. The molecule has 0 saturated carbocycles. The number of unbranched alkanes of at least 4 members (excludes halogenated alkanes) is 2. The molecule has 0 fully saturated rings. The number of hydrogen-bond acceptors (Lipinski definition) is 3. The van der Waals surface area contributed by atoms with E-state index in [1.807, 2.05) is 18.3 Å². The number of aliphatic hydroxyl groups is 1. The van der Waals surface area contributed by atoms with Gasteiger partial charge in [0.2, 0.25) is 0 Å². The lowest BCUT2D eigenvalue weighted by Crippen LogP contribution is -2.15. The number of rotatable bonds is 7. The Kier molecular flexibility index (Phi) is 5.12. The Balaban J connectivity index is 1.88. The summed E-state index contributed by atoms with van der Waals surface area (Å²) in [5, 5.41) is 13.4. The summed E-state index contributed by atoms with van der Waals surface area (Å²) in [5.41, 5.74) is 2.35. The lowest BCUT2D eigenvalue weighted by atomic mass is 10.1. The van der Waals surface area contributed by atoms with Gasteiger partial charge in [-0.05, 0) is 43.5 Å². The first-order valence-corrected chi connectivity index (χ1v) is 6.56. The summed E-state index contributed by atoms with van der Waals surface area (Å²) < 4.78 is 0. The minimum absolute atomic E-state index is 0.301. The summed E-state index contributed by atoms with van der Waals surface area (Å²) in [4.78, 5) is 4.36. The number of aliphatic hydroxyl groups excluding tert-OH is 1. The number of benzene rings is 1. The van der Waals surface area contributed by atoms with Gasteiger partial charge in [0.25, 0.3) is 0 Å². The lowest BCUT2D eigenvalue weighted by molar-refractivity contribution is 0.283. The van der Waals surface area contributed by atoms with Crippen molar-refractivity contribution in [2.75, 3.05) is 13.2 Å². The first-order valence-electron chi connectivity index (χ1n) is 6.56. The van der Waals surface area contributed by atoms with Gasteiger partial charge in [-0.15, -0.1) is 0 Å². The largest absolute Gasteiger partial charge is 0.396 e. The van der Waals surface area contributed by atoms with Crippen molar-refractivity contribution < 1.29 is 5.11 Å². The van der Waals surface area contributed by atoms with Crippen molar-refractivity contribution in [3.05, 3.63) is 42.1 Å². The van der Waals surface area contributed by atoms with Crippen LogP contribution in [-0.2, 0) is 6.54 Å². The Hall–Kier alpha value is -1.45. The number of nitrogens with one attached hydrogen (secondary N) is 1. The molecule has 0 unspecified atom stereocenters. The number of fused-ring (bicyclic) bond motifs is 1. The van der Waals surface area contributed by atoms with E-state index in [9.17, 15) is 0 Å². The summed E-state index contributed by atoms with van der Waals surface area (Å²) in [5.74, 6) is 0. The van der Waals surface area contributed by atoms with Crippen molar-refractivity contribution in [3.8, 4) is 0 Å². The van der Waals surface area contributed by atoms with Crippen LogP contribution in [0.25, 0.3) is 10.9 Å². The van der Waals surface area contributed by atoms with Crippen LogP contribution >= 0.6 is 0 Å². The third-order valence-corrected chi connectivity index (χ3v) is 3.07. The quantitative estimate of drug-likeness (QED) is 0.735. The van der Waals surface area contributed by atoms with E-state index in [0.29, 0.717) is 6.61 Å².